The van der Waals surface area contributed by atoms with Gasteiger partial charge in [-0.3, -0.25) is 4.72 Å². The molecule has 0 aliphatic carbocycles. The normalized spacial score (nSPS) is 11.7. The van der Waals surface area contributed by atoms with E-state index < -0.39 is 0 Å². The predicted octanol–water partition coefficient (Wildman–Crippen LogP) is 6.91. The molecule has 0 saturated carbocycles. The lowest BCUT2D eigenvalue weighted by Crippen LogP contribution is -1.99. The first-order valence-electron chi connectivity index (χ1n) is 8.32. The number of nitrogens with zero attached hydrogens (tertiary/aromatic N) is 2. The molecule has 0 aliphatic heterocycles. The molecule has 1 aromatic rings. The fourth-order valence-corrected chi connectivity index (χ4v) is 2.69. The van der Waals surface area contributed by atoms with E-state index in [1.54, 1.807) is 17.8 Å². The Morgan fingerprint density at radius 1 is 1.24 bits per heavy atom. The van der Waals surface area contributed by atoms with E-state index in [0.29, 0.717) is 5.95 Å². The van der Waals surface area contributed by atoms with Gasteiger partial charge in [-0.15, -0.1) is 11.8 Å². The third-order valence-electron chi connectivity index (χ3n) is 2.76. The molecule has 0 unspecified atom stereocenters. The van der Waals surface area contributed by atoms with Crippen molar-refractivity contribution in [1.82, 2.24) is 9.97 Å². The van der Waals surface area contributed by atoms with E-state index in [2.05, 4.69) is 40.8 Å². The highest BCUT2D eigenvalue weighted by Crippen LogP contribution is 2.24. The molecule has 3 nitrogen and oxygen atoms in total. The number of aromatic nitrogens is 2. The van der Waals surface area contributed by atoms with E-state index in [4.69, 9.17) is 0 Å². The van der Waals surface area contributed by atoms with Crippen molar-refractivity contribution in [2.24, 2.45) is 0 Å². The molecule has 136 valence electrons. The fourth-order valence-electron chi connectivity index (χ4n) is 1.65. The molecule has 25 heavy (non-hydrogen) atoms. The number of hydrogen-bond donors (Lipinski definition) is 1. The molecule has 1 heterocycles. The van der Waals surface area contributed by atoms with Crippen LogP contribution in [0.25, 0.3) is 5.57 Å². The summed E-state index contributed by atoms with van der Waals surface area (Å²) < 4.78 is 3.19. The van der Waals surface area contributed by atoms with Crippen LogP contribution in [-0.2, 0) is 0 Å². The van der Waals surface area contributed by atoms with Gasteiger partial charge >= 0.3 is 0 Å². The molecule has 5 heteroatoms. The van der Waals surface area contributed by atoms with Crippen molar-refractivity contribution in [3.8, 4) is 0 Å². The van der Waals surface area contributed by atoms with Crippen molar-refractivity contribution in [3.63, 3.8) is 0 Å². The first-order valence-corrected chi connectivity index (χ1v) is 10.4. The highest BCUT2D eigenvalue weighted by atomic mass is 32.2. The summed E-state index contributed by atoms with van der Waals surface area (Å²) in [6, 6.07) is 1.97. The lowest BCUT2D eigenvalue weighted by atomic mass is 10.1. The highest BCUT2D eigenvalue weighted by Gasteiger charge is 2.07. The molecule has 1 aromatic heterocycles. The molecule has 0 atom stereocenters. The average Bonchev–Trinajstić information content (AvgIpc) is 2.67. The first-order chi connectivity index (χ1) is 12.2. The molecule has 0 aromatic carbocycles. The van der Waals surface area contributed by atoms with E-state index in [9.17, 15) is 0 Å². The summed E-state index contributed by atoms with van der Waals surface area (Å²) in [6.45, 7) is 15.8. The monoisotopic (exact) mass is 375 g/mol. The minimum atomic E-state index is 0.578. The van der Waals surface area contributed by atoms with Crippen LogP contribution < -0.4 is 4.72 Å². The Hall–Kier alpha value is -1.72. The van der Waals surface area contributed by atoms with Gasteiger partial charge in [-0.1, -0.05) is 70.4 Å². The zero-order chi connectivity index (χ0) is 19.1. The van der Waals surface area contributed by atoms with Gasteiger partial charge in [0, 0.05) is 4.91 Å². The van der Waals surface area contributed by atoms with Crippen molar-refractivity contribution >= 4 is 35.2 Å². The van der Waals surface area contributed by atoms with Crippen LogP contribution >= 0.6 is 23.7 Å². The second kappa shape index (κ2) is 14.6. The van der Waals surface area contributed by atoms with Gasteiger partial charge in [0.25, 0.3) is 0 Å². The number of nitrogens with one attached hydrogen (secondary N) is 1. The van der Waals surface area contributed by atoms with Crippen LogP contribution in [0.3, 0.4) is 0 Å². The van der Waals surface area contributed by atoms with E-state index in [0.717, 1.165) is 27.6 Å². The molecule has 0 radical (unpaired) electrons. The van der Waals surface area contributed by atoms with Gasteiger partial charge in [0.2, 0.25) is 5.95 Å². The van der Waals surface area contributed by atoms with E-state index in [1.165, 1.54) is 11.9 Å². The molecule has 1 N–H and O–H groups in total. The summed E-state index contributed by atoms with van der Waals surface area (Å²) in [5.74, 6) is 0.578. The molecule has 1 rings (SSSR count). The summed E-state index contributed by atoms with van der Waals surface area (Å²) in [4.78, 5) is 10.1. The lowest BCUT2D eigenvalue weighted by molar-refractivity contribution is 1.05. The van der Waals surface area contributed by atoms with Crippen LogP contribution in [0.2, 0.25) is 0 Å². The van der Waals surface area contributed by atoms with Gasteiger partial charge in [0.1, 0.15) is 5.03 Å². The van der Waals surface area contributed by atoms with Crippen molar-refractivity contribution in [1.29, 1.82) is 0 Å². The van der Waals surface area contributed by atoms with Gasteiger partial charge in [-0.2, -0.15) is 0 Å². The van der Waals surface area contributed by atoms with Gasteiger partial charge < -0.3 is 0 Å². The quantitative estimate of drug-likeness (QED) is 0.220. The second-order valence-corrected chi connectivity index (χ2v) is 6.10. The Morgan fingerprint density at radius 2 is 1.96 bits per heavy atom. The SMILES string of the molecule is C=C/C(=C\CC)SNc1nc(SC)cc(/C(C=C)=C/C=C\C)n1.CC. The van der Waals surface area contributed by atoms with Crippen molar-refractivity contribution in [2.45, 2.75) is 39.1 Å². The maximum Gasteiger partial charge on any atom is 0.234 e. The van der Waals surface area contributed by atoms with Crippen LogP contribution in [0.4, 0.5) is 5.95 Å². The first kappa shape index (κ1) is 23.3. The number of allylic oxidation sites excluding steroid dienone is 7. The van der Waals surface area contributed by atoms with Crippen LogP contribution in [0.15, 0.2) is 65.6 Å². The minimum absolute atomic E-state index is 0.578. The molecular formula is C20H29N3S2. The lowest BCUT2D eigenvalue weighted by Gasteiger charge is -2.09. The predicted molar refractivity (Wildman–Crippen MR) is 118 cm³/mol. The third kappa shape index (κ3) is 8.79. The Morgan fingerprint density at radius 3 is 2.48 bits per heavy atom. The van der Waals surface area contributed by atoms with E-state index in [1.807, 2.05) is 57.4 Å². The van der Waals surface area contributed by atoms with Crippen LogP contribution in [0.5, 0.6) is 0 Å². The topological polar surface area (TPSA) is 37.8 Å². The Balaban J connectivity index is 0.00000277. The van der Waals surface area contributed by atoms with Crippen molar-refractivity contribution in [2.75, 3.05) is 11.0 Å². The number of thioether (sulfide) groups is 1. The standard InChI is InChI=1S/C18H23N3S2.C2H6/c1-6-10-12-14(8-3)16-13-17(22-5)20-18(19-16)21-23-15(9-4)11-7-2;1-2/h6,8-13H,3-4,7H2,1-2,5H3,(H,19,20,21);1-2H3/b10-6-,14-12+,15-11+;. The minimum Gasteiger partial charge on any atom is -0.294 e. The van der Waals surface area contributed by atoms with Gasteiger partial charge in [0.05, 0.1) is 5.69 Å². The molecule has 0 aliphatic rings. The van der Waals surface area contributed by atoms with E-state index >= 15 is 0 Å². The van der Waals surface area contributed by atoms with E-state index in [-0.39, 0.29) is 0 Å². The number of hydrogen-bond acceptors (Lipinski definition) is 5. The zero-order valence-electron chi connectivity index (χ0n) is 15.9. The zero-order valence-corrected chi connectivity index (χ0v) is 17.5. The largest absolute Gasteiger partial charge is 0.294 e. The summed E-state index contributed by atoms with van der Waals surface area (Å²) in [5.41, 5.74) is 1.81. The van der Waals surface area contributed by atoms with Gasteiger partial charge in [0.15, 0.2) is 0 Å². The molecule has 0 fully saturated rings. The average molecular weight is 376 g/mol. The summed E-state index contributed by atoms with van der Waals surface area (Å²) in [6.07, 6.45) is 14.6. The van der Waals surface area contributed by atoms with Crippen LogP contribution in [0, 0.1) is 0 Å². The summed E-state index contributed by atoms with van der Waals surface area (Å²) in [7, 11) is 0. The maximum atomic E-state index is 4.58. The smallest absolute Gasteiger partial charge is 0.234 e. The Labute approximate surface area is 161 Å². The maximum absolute atomic E-state index is 4.58. The molecule has 0 saturated heterocycles. The van der Waals surface area contributed by atoms with Crippen molar-refractivity contribution in [3.05, 3.63) is 66.3 Å². The van der Waals surface area contributed by atoms with Gasteiger partial charge in [-0.25, -0.2) is 9.97 Å². The fraction of sp³-hybridized carbons (Fsp3) is 0.300. The van der Waals surface area contributed by atoms with Crippen molar-refractivity contribution < 1.29 is 0 Å². The number of anilines is 1. The Kier molecular flexibility index (Phi) is 13.6. The van der Waals surface area contributed by atoms with Gasteiger partial charge in [-0.05, 0) is 43.2 Å². The Bertz CT molecular complexity index is 632. The summed E-state index contributed by atoms with van der Waals surface area (Å²) >= 11 is 3.05. The molecule has 0 bridgehead atoms. The highest BCUT2D eigenvalue weighted by molar-refractivity contribution is 8.04. The van der Waals surface area contributed by atoms with Crippen LogP contribution in [-0.4, -0.2) is 16.2 Å². The molecule has 0 spiro atoms. The van der Waals surface area contributed by atoms with Crippen LogP contribution in [0.1, 0.15) is 39.8 Å². The molecular weight excluding hydrogens is 346 g/mol. The third-order valence-corrected chi connectivity index (χ3v) is 4.24. The summed E-state index contributed by atoms with van der Waals surface area (Å²) in [5, 5.41) is 0.908. The molecule has 0 amide bonds. The number of rotatable bonds is 9. The second-order valence-electron chi connectivity index (χ2n) is 4.39.